The number of piperidine rings is 1. The number of H-pyrrole nitrogens is 1. The van der Waals surface area contributed by atoms with Gasteiger partial charge >= 0.3 is 0 Å². The third-order valence-electron chi connectivity index (χ3n) is 6.26. The van der Waals surface area contributed by atoms with Crippen molar-refractivity contribution in [1.82, 2.24) is 19.4 Å². The van der Waals surface area contributed by atoms with Crippen molar-refractivity contribution in [3.05, 3.63) is 75.7 Å². The fraction of sp³-hybridized carbons (Fsp3) is 0.360. The second-order valence-electron chi connectivity index (χ2n) is 8.51. The number of fused-ring (bicyclic) bond motifs is 1. The number of para-hydroxylation sites is 1. The molecule has 0 saturated carbocycles. The molecule has 32 heavy (non-hydrogen) atoms. The molecule has 0 spiro atoms. The lowest BCUT2D eigenvalue weighted by atomic mass is 9.94. The second-order valence-corrected chi connectivity index (χ2v) is 9.46. The SMILES string of the molecule is O=c1cc(C2CCCN(Cc3cn(CCCO)c4ccccc34)C2)nc(-c2cccs2)[nH]1. The Morgan fingerprint density at radius 1 is 1.22 bits per heavy atom. The summed E-state index contributed by atoms with van der Waals surface area (Å²) < 4.78 is 2.26. The Hall–Kier alpha value is -2.74. The number of hydrogen-bond acceptors (Lipinski definition) is 5. The molecule has 1 aliphatic heterocycles. The molecule has 166 valence electrons. The maximum atomic E-state index is 12.3. The fourth-order valence-electron chi connectivity index (χ4n) is 4.77. The summed E-state index contributed by atoms with van der Waals surface area (Å²) in [5.74, 6) is 0.930. The number of likely N-dealkylation sites (tertiary alicyclic amines) is 1. The number of aryl methyl sites for hydroxylation is 1. The van der Waals surface area contributed by atoms with Crippen LogP contribution in [0.15, 0.2) is 58.8 Å². The lowest BCUT2D eigenvalue weighted by Crippen LogP contribution is -2.34. The summed E-state index contributed by atoms with van der Waals surface area (Å²) in [4.78, 5) is 23.5. The van der Waals surface area contributed by atoms with Gasteiger partial charge in [0.15, 0.2) is 0 Å². The number of aliphatic hydroxyl groups is 1. The first kappa shape index (κ1) is 21.1. The van der Waals surface area contributed by atoms with Gasteiger partial charge in [0, 0.05) is 55.3 Å². The topological polar surface area (TPSA) is 74.2 Å². The highest BCUT2D eigenvalue weighted by Crippen LogP contribution is 2.30. The third kappa shape index (κ3) is 4.41. The van der Waals surface area contributed by atoms with Gasteiger partial charge in [-0.05, 0) is 48.9 Å². The van der Waals surface area contributed by atoms with E-state index in [0.717, 1.165) is 56.0 Å². The smallest absolute Gasteiger partial charge is 0.251 e. The Bertz CT molecular complexity index is 1240. The van der Waals surface area contributed by atoms with Crippen LogP contribution < -0.4 is 5.56 Å². The molecule has 6 nitrogen and oxygen atoms in total. The van der Waals surface area contributed by atoms with Crippen molar-refractivity contribution in [3.63, 3.8) is 0 Å². The molecule has 0 aliphatic carbocycles. The van der Waals surface area contributed by atoms with Crippen molar-refractivity contribution < 1.29 is 5.11 Å². The molecule has 1 aliphatic rings. The Balaban J connectivity index is 1.37. The number of aromatic nitrogens is 3. The molecule has 1 atom stereocenters. The van der Waals surface area contributed by atoms with E-state index in [0.29, 0.717) is 5.82 Å². The maximum absolute atomic E-state index is 12.3. The molecule has 5 rings (SSSR count). The van der Waals surface area contributed by atoms with Crippen molar-refractivity contribution in [2.45, 2.75) is 38.3 Å². The van der Waals surface area contributed by atoms with Crippen LogP contribution in [0, 0.1) is 0 Å². The molecule has 1 fully saturated rings. The van der Waals surface area contributed by atoms with Crippen LogP contribution in [0.5, 0.6) is 0 Å². The van der Waals surface area contributed by atoms with Gasteiger partial charge in [-0.25, -0.2) is 4.98 Å². The van der Waals surface area contributed by atoms with Gasteiger partial charge in [0.1, 0.15) is 5.82 Å². The van der Waals surface area contributed by atoms with E-state index in [4.69, 9.17) is 4.98 Å². The number of benzene rings is 1. The minimum atomic E-state index is -0.0810. The summed E-state index contributed by atoms with van der Waals surface area (Å²) in [6.07, 6.45) is 5.14. The van der Waals surface area contributed by atoms with Gasteiger partial charge in [0.05, 0.1) is 10.6 Å². The van der Waals surface area contributed by atoms with Gasteiger partial charge in [0.25, 0.3) is 5.56 Å². The van der Waals surface area contributed by atoms with Crippen LogP contribution in [0.25, 0.3) is 21.6 Å². The second kappa shape index (κ2) is 9.40. The third-order valence-corrected chi connectivity index (χ3v) is 7.14. The minimum absolute atomic E-state index is 0.0810. The molecule has 4 aromatic rings. The summed E-state index contributed by atoms with van der Waals surface area (Å²) in [5.41, 5.74) is 3.35. The van der Waals surface area contributed by atoms with E-state index >= 15 is 0 Å². The number of nitrogens with zero attached hydrogens (tertiary/aromatic N) is 3. The average Bonchev–Trinajstić information content (AvgIpc) is 3.47. The normalized spacial score (nSPS) is 17.2. The average molecular weight is 449 g/mol. The van der Waals surface area contributed by atoms with Crippen LogP contribution in [0.4, 0.5) is 0 Å². The Morgan fingerprint density at radius 2 is 2.12 bits per heavy atom. The fourth-order valence-corrected chi connectivity index (χ4v) is 5.44. The monoisotopic (exact) mass is 448 g/mol. The molecule has 1 saturated heterocycles. The maximum Gasteiger partial charge on any atom is 0.251 e. The molecule has 2 N–H and O–H groups in total. The summed E-state index contributed by atoms with van der Waals surface area (Å²) in [7, 11) is 0. The molecule has 1 aromatic carbocycles. The number of rotatable bonds is 7. The van der Waals surface area contributed by atoms with Crippen molar-refractivity contribution >= 4 is 22.2 Å². The van der Waals surface area contributed by atoms with E-state index in [-0.39, 0.29) is 18.1 Å². The molecular weight excluding hydrogens is 420 g/mol. The lowest BCUT2D eigenvalue weighted by Gasteiger charge is -2.32. The predicted octanol–water partition coefficient (Wildman–Crippen LogP) is 4.22. The minimum Gasteiger partial charge on any atom is -0.396 e. The lowest BCUT2D eigenvalue weighted by molar-refractivity contribution is 0.199. The Kier molecular flexibility index (Phi) is 6.21. The number of nitrogens with one attached hydrogen (secondary N) is 1. The molecule has 0 amide bonds. The first-order valence-corrected chi connectivity index (χ1v) is 12.1. The molecule has 0 radical (unpaired) electrons. The number of aromatic amines is 1. The van der Waals surface area contributed by atoms with E-state index in [2.05, 4.69) is 44.9 Å². The van der Waals surface area contributed by atoms with Crippen LogP contribution >= 0.6 is 11.3 Å². The zero-order valence-corrected chi connectivity index (χ0v) is 18.9. The van der Waals surface area contributed by atoms with Gasteiger partial charge in [-0.1, -0.05) is 24.3 Å². The molecule has 1 unspecified atom stereocenters. The number of aliphatic hydroxyl groups excluding tert-OH is 1. The van der Waals surface area contributed by atoms with Gasteiger partial charge < -0.3 is 14.7 Å². The van der Waals surface area contributed by atoms with Crippen LogP contribution in [-0.4, -0.2) is 44.2 Å². The van der Waals surface area contributed by atoms with Crippen LogP contribution in [-0.2, 0) is 13.1 Å². The Morgan fingerprint density at radius 3 is 2.97 bits per heavy atom. The standard InChI is InChI=1S/C25H28N4O2S/c30-12-5-11-29-17-19(20-7-1-2-8-22(20)29)16-28-10-3-6-18(15-28)21-14-24(31)27-25(26-21)23-9-4-13-32-23/h1-2,4,7-9,13-14,17-18,30H,3,5-6,10-12,15-16H2,(H,26,27,31). The first-order valence-electron chi connectivity index (χ1n) is 11.3. The van der Waals surface area contributed by atoms with Crippen molar-refractivity contribution in [2.75, 3.05) is 19.7 Å². The Labute approximate surface area is 191 Å². The zero-order valence-electron chi connectivity index (χ0n) is 18.0. The van der Waals surface area contributed by atoms with Gasteiger partial charge in [-0.3, -0.25) is 9.69 Å². The highest BCUT2D eigenvalue weighted by Gasteiger charge is 2.24. The highest BCUT2D eigenvalue weighted by molar-refractivity contribution is 7.13. The van der Waals surface area contributed by atoms with Crippen LogP contribution in [0.1, 0.15) is 36.4 Å². The molecule has 4 heterocycles. The van der Waals surface area contributed by atoms with E-state index in [1.807, 2.05) is 17.5 Å². The van der Waals surface area contributed by atoms with Gasteiger partial charge in [-0.2, -0.15) is 0 Å². The van der Waals surface area contributed by atoms with Gasteiger partial charge in [-0.15, -0.1) is 11.3 Å². The summed E-state index contributed by atoms with van der Waals surface area (Å²) in [6.45, 7) is 3.85. The molecular formula is C25H28N4O2S. The summed E-state index contributed by atoms with van der Waals surface area (Å²) >= 11 is 1.59. The van der Waals surface area contributed by atoms with E-state index < -0.39 is 0 Å². The van der Waals surface area contributed by atoms with Crippen LogP contribution in [0.3, 0.4) is 0 Å². The summed E-state index contributed by atoms with van der Waals surface area (Å²) in [5, 5.41) is 12.5. The molecule has 7 heteroatoms. The molecule has 0 bridgehead atoms. The number of thiophene rings is 1. The molecule has 3 aromatic heterocycles. The van der Waals surface area contributed by atoms with Crippen LogP contribution in [0.2, 0.25) is 0 Å². The van der Waals surface area contributed by atoms with Crippen molar-refractivity contribution in [3.8, 4) is 10.7 Å². The summed E-state index contributed by atoms with van der Waals surface area (Å²) in [6, 6.07) is 14.1. The highest BCUT2D eigenvalue weighted by atomic mass is 32.1. The number of hydrogen-bond donors (Lipinski definition) is 2. The largest absolute Gasteiger partial charge is 0.396 e. The predicted molar refractivity (Wildman–Crippen MR) is 129 cm³/mol. The first-order chi connectivity index (χ1) is 15.7. The van der Waals surface area contributed by atoms with Crippen molar-refractivity contribution in [2.24, 2.45) is 0 Å². The van der Waals surface area contributed by atoms with E-state index in [9.17, 15) is 9.90 Å². The van der Waals surface area contributed by atoms with E-state index in [1.54, 1.807) is 17.4 Å². The zero-order chi connectivity index (χ0) is 21.9. The van der Waals surface area contributed by atoms with Gasteiger partial charge in [0.2, 0.25) is 0 Å². The van der Waals surface area contributed by atoms with Crippen molar-refractivity contribution in [1.29, 1.82) is 0 Å². The van der Waals surface area contributed by atoms with E-state index in [1.165, 1.54) is 16.5 Å². The quantitative estimate of drug-likeness (QED) is 0.444.